The predicted molar refractivity (Wildman–Crippen MR) is 59.9 cm³/mol. The lowest BCUT2D eigenvalue weighted by atomic mass is 10.1. The van der Waals surface area contributed by atoms with Gasteiger partial charge < -0.3 is 0 Å². The van der Waals surface area contributed by atoms with Crippen LogP contribution in [0.3, 0.4) is 0 Å². The maximum absolute atomic E-state index is 5.06. The summed E-state index contributed by atoms with van der Waals surface area (Å²) in [4.78, 5) is 7.13. The van der Waals surface area contributed by atoms with Crippen LogP contribution in [-0.2, 0) is 18.0 Å². The van der Waals surface area contributed by atoms with Gasteiger partial charge in [-0.05, 0) is 37.1 Å². The van der Waals surface area contributed by atoms with Gasteiger partial charge in [0.25, 0.3) is 0 Å². The lowest BCUT2D eigenvalue weighted by molar-refractivity contribution is 0.124. The Morgan fingerprint density at radius 3 is 2.67 bits per heavy atom. The lowest BCUT2D eigenvalue weighted by Gasteiger charge is -2.14. The molecule has 1 heterocycles. The molecular weight excluding hydrogens is 188 g/mol. The van der Waals surface area contributed by atoms with Gasteiger partial charge in [0.2, 0.25) is 0 Å². The Balaban J connectivity index is 1.97. The van der Waals surface area contributed by atoms with Crippen molar-refractivity contribution in [3.63, 3.8) is 0 Å². The summed E-state index contributed by atoms with van der Waals surface area (Å²) in [6, 6.07) is 8.45. The Morgan fingerprint density at radius 1 is 1.20 bits per heavy atom. The van der Waals surface area contributed by atoms with E-state index in [4.69, 9.17) is 5.90 Å². The highest BCUT2D eigenvalue weighted by Crippen LogP contribution is 2.13. The first kappa shape index (κ1) is 10.6. The molecule has 15 heavy (non-hydrogen) atoms. The van der Waals surface area contributed by atoms with Crippen molar-refractivity contribution in [1.82, 2.24) is 4.90 Å². The zero-order valence-corrected chi connectivity index (χ0v) is 8.98. The summed E-state index contributed by atoms with van der Waals surface area (Å²) in [7, 11) is 0. The van der Waals surface area contributed by atoms with E-state index in [0.29, 0.717) is 6.61 Å². The molecule has 1 aromatic rings. The van der Waals surface area contributed by atoms with Gasteiger partial charge in [0, 0.05) is 6.54 Å². The van der Waals surface area contributed by atoms with E-state index in [1.807, 2.05) is 6.07 Å². The third kappa shape index (κ3) is 3.02. The van der Waals surface area contributed by atoms with Crippen molar-refractivity contribution in [2.75, 3.05) is 13.1 Å². The predicted octanol–water partition coefficient (Wildman–Crippen LogP) is 1.67. The molecular formula is C12H18N2O. The molecule has 0 atom stereocenters. The Hall–Kier alpha value is -0.900. The third-order valence-electron chi connectivity index (χ3n) is 2.85. The molecule has 1 aliphatic heterocycles. The molecule has 0 radical (unpaired) electrons. The highest BCUT2D eigenvalue weighted by molar-refractivity contribution is 5.23. The summed E-state index contributed by atoms with van der Waals surface area (Å²) < 4.78 is 0. The molecule has 82 valence electrons. The second-order valence-corrected chi connectivity index (χ2v) is 4.11. The average molecular weight is 206 g/mol. The molecule has 0 aliphatic carbocycles. The zero-order chi connectivity index (χ0) is 10.5. The maximum Gasteiger partial charge on any atom is 0.0930 e. The molecule has 3 nitrogen and oxygen atoms in total. The number of hydrogen-bond acceptors (Lipinski definition) is 3. The van der Waals surface area contributed by atoms with E-state index in [1.54, 1.807) is 0 Å². The van der Waals surface area contributed by atoms with Gasteiger partial charge in [-0.15, -0.1) is 0 Å². The molecule has 0 unspecified atom stereocenters. The van der Waals surface area contributed by atoms with Crippen LogP contribution < -0.4 is 5.90 Å². The van der Waals surface area contributed by atoms with E-state index in [9.17, 15) is 0 Å². The monoisotopic (exact) mass is 206 g/mol. The van der Waals surface area contributed by atoms with Crippen molar-refractivity contribution < 1.29 is 4.84 Å². The van der Waals surface area contributed by atoms with Crippen LogP contribution in [0, 0.1) is 0 Å². The number of rotatable bonds is 4. The Labute approximate surface area is 90.8 Å². The Bertz CT molecular complexity index is 308. The van der Waals surface area contributed by atoms with E-state index >= 15 is 0 Å². The van der Waals surface area contributed by atoms with E-state index in [-0.39, 0.29) is 0 Å². The number of hydrogen-bond donors (Lipinski definition) is 1. The van der Waals surface area contributed by atoms with Gasteiger partial charge in [-0.25, -0.2) is 5.90 Å². The minimum absolute atomic E-state index is 0.494. The molecule has 1 saturated heterocycles. The van der Waals surface area contributed by atoms with Gasteiger partial charge in [-0.2, -0.15) is 0 Å². The van der Waals surface area contributed by atoms with E-state index in [0.717, 1.165) is 12.1 Å². The SMILES string of the molecule is NOCc1cccc(CN2CCCC2)c1. The Kier molecular flexibility index (Phi) is 3.72. The summed E-state index contributed by atoms with van der Waals surface area (Å²) in [5, 5.41) is 0. The van der Waals surface area contributed by atoms with E-state index < -0.39 is 0 Å². The van der Waals surface area contributed by atoms with Gasteiger partial charge in [0.15, 0.2) is 0 Å². The van der Waals surface area contributed by atoms with E-state index in [2.05, 4.69) is 27.9 Å². The molecule has 2 rings (SSSR count). The fraction of sp³-hybridized carbons (Fsp3) is 0.500. The van der Waals surface area contributed by atoms with Gasteiger partial charge in [-0.1, -0.05) is 24.3 Å². The van der Waals surface area contributed by atoms with Crippen molar-refractivity contribution in [3.05, 3.63) is 35.4 Å². The topological polar surface area (TPSA) is 38.5 Å². The summed E-state index contributed by atoms with van der Waals surface area (Å²) in [6.07, 6.45) is 2.68. The molecule has 2 N–H and O–H groups in total. The van der Waals surface area contributed by atoms with Crippen molar-refractivity contribution >= 4 is 0 Å². The Morgan fingerprint density at radius 2 is 1.93 bits per heavy atom. The van der Waals surface area contributed by atoms with Crippen LogP contribution in [0.5, 0.6) is 0 Å². The lowest BCUT2D eigenvalue weighted by Crippen LogP contribution is -2.18. The largest absolute Gasteiger partial charge is 0.300 e. The van der Waals surface area contributed by atoms with Crippen molar-refractivity contribution in [3.8, 4) is 0 Å². The smallest absolute Gasteiger partial charge is 0.0930 e. The van der Waals surface area contributed by atoms with Crippen LogP contribution in [-0.4, -0.2) is 18.0 Å². The molecule has 1 aliphatic rings. The van der Waals surface area contributed by atoms with Crippen molar-refractivity contribution in [2.24, 2.45) is 5.90 Å². The maximum atomic E-state index is 5.06. The van der Waals surface area contributed by atoms with Crippen LogP contribution in [0.15, 0.2) is 24.3 Å². The van der Waals surface area contributed by atoms with Gasteiger partial charge >= 0.3 is 0 Å². The number of benzene rings is 1. The molecule has 3 heteroatoms. The molecule has 0 saturated carbocycles. The van der Waals surface area contributed by atoms with E-state index in [1.165, 1.54) is 31.5 Å². The minimum atomic E-state index is 0.494. The summed E-state index contributed by atoms with van der Waals surface area (Å²) >= 11 is 0. The van der Waals surface area contributed by atoms with Gasteiger partial charge in [-0.3, -0.25) is 9.74 Å². The first-order valence-corrected chi connectivity index (χ1v) is 5.50. The molecule has 0 amide bonds. The minimum Gasteiger partial charge on any atom is -0.300 e. The average Bonchev–Trinajstić information content (AvgIpc) is 2.71. The molecule has 0 spiro atoms. The zero-order valence-electron chi connectivity index (χ0n) is 8.98. The highest BCUT2D eigenvalue weighted by atomic mass is 16.6. The second-order valence-electron chi connectivity index (χ2n) is 4.11. The molecule has 0 bridgehead atoms. The highest BCUT2D eigenvalue weighted by Gasteiger charge is 2.11. The van der Waals surface area contributed by atoms with Crippen molar-refractivity contribution in [2.45, 2.75) is 26.0 Å². The summed E-state index contributed by atoms with van der Waals surface area (Å²) in [6.45, 7) is 4.02. The fourth-order valence-corrected chi connectivity index (χ4v) is 2.11. The third-order valence-corrected chi connectivity index (χ3v) is 2.85. The normalized spacial score (nSPS) is 17.1. The number of nitrogens with zero attached hydrogens (tertiary/aromatic N) is 1. The first-order chi connectivity index (χ1) is 7.38. The number of nitrogens with two attached hydrogens (primary N) is 1. The number of likely N-dealkylation sites (tertiary alicyclic amines) is 1. The second kappa shape index (κ2) is 5.26. The van der Waals surface area contributed by atoms with Crippen molar-refractivity contribution in [1.29, 1.82) is 0 Å². The quantitative estimate of drug-likeness (QED) is 0.762. The van der Waals surface area contributed by atoms with Crippen LogP contribution >= 0.6 is 0 Å². The molecule has 0 aromatic heterocycles. The fourth-order valence-electron chi connectivity index (χ4n) is 2.11. The van der Waals surface area contributed by atoms with Crippen LogP contribution in [0.25, 0.3) is 0 Å². The van der Waals surface area contributed by atoms with Gasteiger partial charge in [0.1, 0.15) is 0 Å². The summed E-state index contributed by atoms with van der Waals surface area (Å²) in [5.41, 5.74) is 2.50. The standard InChI is InChI=1S/C12H18N2O/c13-15-10-12-5-3-4-11(8-12)9-14-6-1-2-7-14/h3-5,8H,1-2,6-7,9-10,13H2. The first-order valence-electron chi connectivity index (χ1n) is 5.50. The van der Waals surface area contributed by atoms with Gasteiger partial charge in [0.05, 0.1) is 6.61 Å². The molecule has 1 fully saturated rings. The van der Waals surface area contributed by atoms with Crippen LogP contribution in [0.2, 0.25) is 0 Å². The van der Waals surface area contributed by atoms with Crippen LogP contribution in [0.1, 0.15) is 24.0 Å². The molecule has 1 aromatic carbocycles. The van der Waals surface area contributed by atoms with Crippen LogP contribution in [0.4, 0.5) is 0 Å². The summed E-state index contributed by atoms with van der Waals surface area (Å²) in [5.74, 6) is 5.06.